The standard InChI is InChI=1S/C20H28N4O2S/c1-4-21-18(25)13-27-20-23-22-19(15-9-11-16(26-3)12-10-15)24(20)17-8-6-5-7-14(17)2/h9-12,14,17H,4-8,13H2,1-3H3,(H,21,25)/t14-,17+/m1/s1. The number of amides is 1. The van der Waals surface area contributed by atoms with Crippen molar-refractivity contribution in [3.63, 3.8) is 0 Å². The number of hydrogen-bond donors (Lipinski definition) is 1. The van der Waals surface area contributed by atoms with Crippen molar-refractivity contribution < 1.29 is 9.53 Å². The number of carbonyl (C=O) groups excluding carboxylic acids is 1. The Bertz CT molecular complexity index is 760. The van der Waals surface area contributed by atoms with E-state index in [1.807, 2.05) is 31.2 Å². The van der Waals surface area contributed by atoms with Gasteiger partial charge in [0.05, 0.1) is 12.9 Å². The van der Waals surface area contributed by atoms with E-state index in [0.29, 0.717) is 24.3 Å². The fraction of sp³-hybridized carbons (Fsp3) is 0.550. The average molecular weight is 389 g/mol. The molecule has 1 aromatic heterocycles. The molecular weight excluding hydrogens is 360 g/mol. The first-order chi connectivity index (χ1) is 13.1. The smallest absolute Gasteiger partial charge is 0.230 e. The molecule has 7 heteroatoms. The Balaban J connectivity index is 1.93. The lowest BCUT2D eigenvalue weighted by molar-refractivity contribution is -0.118. The van der Waals surface area contributed by atoms with Gasteiger partial charge < -0.3 is 10.1 Å². The summed E-state index contributed by atoms with van der Waals surface area (Å²) in [5.74, 6) is 2.64. The number of nitrogens with zero attached hydrogens (tertiary/aromatic N) is 3. The topological polar surface area (TPSA) is 69.0 Å². The summed E-state index contributed by atoms with van der Waals surface area (Å²) in [6.07, 6.45) is 4.83. The lowest BCUT2D eigenvalue weighted by Gasteiger charge is -2.31. The summed E-state index contributed by atoms with van der Waals surface area (Å²) in [4.78, 5) is 11.9. The summed E-state index contributed by atoms with van der Waals surface area (Å²) in [7, 11) is 1.66. The molecule has 0 unspecified atom stereocenters. The van der Waals surface area contributed by atoms with Gasteiger partial charge in [0.25, 0.3) is 0 Å². The second-order valence-electron chi connectivity index (χ2n) is 6.98. The van der Waals surface area contributed by atoms with Crippen LogP contribution in [0, 0.1) is 5.92 Å². The van der Waals surface area contributed by atoms with Gasteiger partial charge in [0.2, 0.25) is 5.91 Å². The van der Waals surface area contributed by atoms with Gasteiger partial charge in [-0.2, -0.15) is 0 Å². The number of benzene rings is 1. The molecule has 0 aliphatic heterocycles. The van der Waals surface area contributed by atoms with Gasteiger partial charge in [-0.1, -0.05) is 31.5 Å². The van der Waals surface area contributed by atoms with Crippen molar-refractivity contribution in [2.24, 2.45) is 5.92 Å². The minimum absolute atomic E-state index is 0.0275. The molecule has 1 aromatic carbocycles. The van der Waals surface area contributed by atoms with Crippen LogP contribution >= 0.6 is 11.8 Å². The number of thioether (sulfide) groups is 1. The lowest BCUT2D eigenvalue weighted by atomic mass is 9.85. The molecule has 1 N–H and O–H groups in total. The third-order valence-electron chi connectivity index (χ3n) is 5.12. The number of carbonyl (C=O) groups is 1. The monoisotopic (exact) mass is 388 g/mol. The predicted octanol–water partition coefficient (Wildman–Crippen LogP) is 3.93. The van der Waals surface area contributed by atoms with E-state index in [2.05, 4.69) is 27.0 Å². The van der Waals surface area contributed by atoms with Crippen molar-refractivity contribution in [3.05, 3.63) is 24.3 Å². The van der Waals surface area contributed by atoms with Gasteiger partial charge in [-0.15, -0.1) is 10.2 Å². The first-order valence-electron chi connectivity index (χ1n) is 9.62. The molecule has 1 amide bonds. The number of aromatic nitrogens is 3. The van der Waals surface area contributed by atoms with E-state index in [-0.39, 0.29) is 5.91 Å². The molecule has 1 aliphatic rings. The Hall–Kier alpha value is -2.02. The van der Waals surface area contributed by atoms with Gasteiger partial charge >= 0.3 is 0 Å². The van der Waals surface area contributed by atoms with Crippen molar-refractivity contribution >= 4 is 17.7 Å². The van der Waals surface area contributed by atoms with Crippen molar-refractivity contribution in [1.82, 2.24) is 20.1 Å². The van der Waals surface area contributed by atoms with Gasteiger partial charge in [0, 0.05) is 18.2 Å². The molecule has 6 nitrogen and oxygen atoms in total. The van der Waals surface area contributed by atoms with E-state index in [0.717, 1.165) is 28.7 Å². The molecule has 1 aliphatic carbocycles. The van der Waals surface area contributed by atoms with Crippen LogP contribution in [-0.2, 0) is 4.79 Å². The third-order valence-corrected chi connectivity index (χ3v) is 6.06. The Labute approximate surface area is 165 Å². The number of ether oxygens (including phenoxy) is 1. The van der Waals surface area contributed by atoms with Crippen LogP contribution in [0.4, 0.5) is 0 Å². The van der Waals surface area contributed by atoms with E-state index < -0.39 is 0 Å². The predicted molar refractivity (Wildman–Crippen MR) is 108 cm³/mol. The molecule has 146 valence electrons. The number of hydrogen-bond acceptors (Lipinski definition) is 5. The number of nitrogens with one attached hydrogen (secondary N) is 1. The first-order valence-corrected chi connectivity index (χ1v) is 10.6. The molecule has 0 spiro atoms. The molecule has 2 atom stereocenters. The van der Waals surface area contributed by atoms with Crippen LogP contribution in [0.15, 0.2) is 29.4 Å². The Morgan fingerprint density at radius 2 is 2.00 bits per heavy atom. The van der Waals surface area contributed by atoms with E-state index in [1.165, 1.54) is 31.0 Å². The van der Waals surface area contributed by atoms with Crippen molar-refractivity contribution in [1.29, 1.82) is 0 Å². The Kier molecular flexibility index (Phi) is 6.77. The number of methoxy groups -OCH3 is 1. The minimum atomic E-state index is 0.0275. The highest BCUT2D eigenvalue weighted by Gasteiger charge is 2.28. The molecule has 3 rings (SSSR count). The highest BCUT2D eigenvalue weighted by atomic mass is 32.2. The fourth-order valence-electron chi connectivity index (χ4n) is 3.67. The van der Waals surface area contributed by atoms with E-state index in [1.54, 1.807) is 7.11 Å². The van der Waals surface area contributed by atoms with Crippen molar-refractivity contribution in [2.45, 2.75) is 50.7 Å². The molecule has 1 fully saturated rings. The van der Waals surface area contributed by atoms with Gasteiger partial charge in [-0.05, 0) is 49.9 Å². The molecule has 27 heavy (non-hydrogen) atoms. The summed E-state index contributed by atoms with van der Waals surface area (Å²) in [6.45, 7) is 4.87. The molecule has 1 heterocycles. The molecule has 2 aromatic rings. The quantitative estimate of drug-likeness (QED) is 0.728. The molecule has 0 bridgehead atoms. The third kappa shape index (κ3) is 4.64. The van der Waals surface area contributed by atoms with E-state index in [9.17, 15) is 4.79 Å². The summed E-state index contributed by atoms with van der Waals surface area (Å²) in [6, 6.07) is 8.29. The normalized spacial score (nSPS) is 19.7. The molecule has 0 saturated heterocycles. The highest BCUT2D eigenvalue weighted by Crippen LogP contribution is 2.39. The zero-order valence-electron chi connectivity index (χ0n) is 16.3. The zero-order valence-corrected chi connectivity index (χ0v) is 17.1. The van der Waals surface area contributed by atoms with Gasteiger partial charge in [-0.25, -0.2) is 0 Å². The summed E-state index contributed by atoms with van der Waals surface area (Å²) in [5.41, 5.74) is 1.02. The Morgan fingerprint density at radius 3 is 2.67 bits per heavy atom. The van der Waals surface area contributed by atoms with Gasteiger partial charge in [-0.3, -0.25) is 9.36 Å². The maximum absolute atomic E-state index is 11.9. The van der Waals surface area contributed by atoms with E-state index >= 15 is 0 Å². The highest BCUT2D eigenvalue weighted by molar-refractivity contribution is 7.99. The minimum Gasteiger partial charge on any atom is -0.497 e. The Morgan fingerprint density at radius 1 is 1.26 bits per heavy atom. The second kappa shape index (κ2) is 9.26. The SMILES string of the molecule is CCNC(=O)CSc1nnc(-c2ccc(OC)cc2)n1[C@H]1CCCC[C@H]1C. The van der Waals surface area contributed by atoms with Crippen molar-refractivity contribution in [3.8, 4) is 17.1 Å². The molecule has 0 radical (unpaired) electrons. The zero-order chi connectivity index (χ0) is 19.2. The summed E-state index contributed by atoms with van der Waals surface area (Å²) in [5, 5.41) is 12.6. The van der Waals surface area contributed by atoms with Gasteiger partial charge in [0.1, 0.15) is 5.75 Å². The lowest BCUT2D eigenvalue weighted by Crippen LogP contribution is -2.25. The maximum Gasteiger partial charge on any atom is 0.230 e. The number of rotatable bonds is 7. The van der Waals surface area contributed by atoms with Crippen LogP contribution in [0.2, 0.25) is 0 Å². The molecular formula is C20H28N4O2S. The van der Waals surface area contributed by atoms with Gasteiger partial charge in [0.15, 0.2) is 11.0 Å². The fourth-order valence-corrected chi connectivity index (χ4v) is 4.49. The van der Waals surface area contributed by atoms with Crippen LogP contribution in [0.5, 0.6) is 5.75 Å². The largest absolute Gasteiger partial charge is 0.497 e. The van der Waals surface area contributed by atoms with Crippen LogP contribution in [0.3, 0.4) is 0 Å². The molecule has 1 saturated carbocycles. The van der Waals surface area contributed by atoms with Crippen LogP contribution in [-0.4, -0.2) is 40.1 Å². The second-order valence-corrected chi connectivity index (χ2v) is 7.92. The van der Waals surface area contributed by atoms with Crippen LogP contribution in [0.25, 0.3) is 11.4 Å². The maximum atomic E-state index is 11.9. The summed E-state index contributed by atoms with van der Waals surface area (Å²) >= 11 is 1.47. The van der Waals surface area contributed by atoms with E-state index in [4.69, 9.17) is 4.74 Å². The van der Waals surface area contributed by atoms with Crippen LogP contribution < -0.4 is 10.1 Å². The summed E-state index contributed by atoms with van der Waals surface area (Å²) < 4.78 is 7.53. The van der Waals surface area contributed by atoms with Crippen LogP contribution in [0.1, 0.15) is 45.6 Å². The van der Waals surface area contributed by atoms with Crippen molar-refractivity contribution in [2.75, 3.05) is 19.4 Å². The first kappa shape index (κ1) is 19.7. The average Bonchev–Trinajstić information content (AvgIpc) is 3.11.